The lowest BCUT2D eigenvalue weighted by Gasteiger charge is -2.12. The van der Waals surface area contributed by atoms with Crippen molar-refractivity contribution in [2.45, 2.75) is 33.3 Å². The molecule has 0 fully saturated rings. The van der Waals surface area contributed by atoms with Crippen LogP contribution in [-0.2, 0) is 4.74 Å². The molecule has 82 valence electrons. The van der Waals surface area contributed by atoms with E-state index in [1.54, 1.807) is 12.1 Å². The fourth-order valence-electron chi connectivity index (χ4n) is 1.19. The van der Waals surface area contributed by atoms with E-state index in [2.05, 4.69) is 0 Å². The smallest absolute Gasteiger partial charge is 0.338 e. The molecule has 1 aromatic rings. The van der Waals surface area contributed by atoms with E-state index in [4.69, 9.17) is 10.5 Å². The quantitative estimate of drug-likeness (QED) is 0.612. The monoisotopic (exact) mass is 207 g/mol. The lowest BCUT2D eigenvalue weighted by molar-refractivity contribution is 0.0334. The van der Waals surface area contributed by atoms with Gasteiger partial charge in [-0.15, -0.1) is 0 Å². The normalized spacial score (nSPS) is 12.2. The van der Waals surface area contributed by atoms with Gasteiger partial charge in [0.15, 0.2) is 0 Å². The van der Waals surface area contributed by atoms with Crippen molar-refractivity contribution >= 4 is 11.7 Å². The van der Waals surface area contributed by atoms with Crippen molar-refractivity contribution in [3.05, 3.63) is 29.3 Å². The first-order valence-corrected chi connectivity index (χ1v) is 5.11. The molecule has 3 heteroatoms. The van der Waals surface area contributed by atoms with Crippen LogP contribution in [-0.4, -0.2) is 12.1 Å². The third-order valence-electron chi connectivity index (χ3n) is 2.36. The van der Waals surface area contributed by atoms with Gasteiger partial charge in [0.2, 0.25) is 0 Å². The highest BCUT2D eigenvalue weighted by atomic mass is 16.5. The van der Waals surface area contributed by atoms with Gasteiger partial charge in [-0.05, 0) is 38.0 Å². The van der Waals surface area contributed by atoms with Crippen molar-refractivity contribution < 1.29 is 9.53 Å². The topological polar surface area (TPSA) is 52.3 Å². The lowest BCUT2D eigenvalue weighted by Crippen LogP contribution is -2.15. The van der Waals surface area contributed by atoms with Gasteiger partial charge >= 0.3 is 5.97 Å². The molecule has 0 aliphatic heterocycles. The Bertz CT molecular complexity index is 361. The van der Waals surface area contributed by atoms with Crippen LogP contribution in [0.15, 0.2) is 18.2 Å². The van der Waals surface area contributed by atoms with Crippen molar-refractivity contribution in [3.8, 4) is 0 Å². The zero-order chi connectivity index (χ0) is 11.4. The van der Waals surface area contributed by atoms with E-state index in [0.717, 1.165) is 12.0 Å². The first-order valence-electron chi connectivity index (χ1n) is 5.11. The van der Waals surface area contributed by atoms with Gasteiger partial charge < -0.3 is 10.5 Å². The van der Waals surface area contributed by atoms with Crippen molar-refractivity contribution in [2.24, 2.45) is 0 Å². The number of anilines is 1. The van der Waals surface area contributed by atoms with E-state index in [-0.39, 0.29) is 12.1 Å². The summed E-state index contributed by atoms with van der Waals surface area (Å²) in [6.07, 6.45) is 0.756. The molecule has 0 radical (unpaired) electrons. The highest BCUT2D eigenvalue weighted by molar-refractivity contribution is 5.92. The van der Waals surface area contributed by atoms with E-state index < -0.39 is 0 Å². The Kier molecular flexibility index (Phi) is 3.72. The van der Waals surface area contributed by atoms with Gasteiger partial charge in [0.25, 0.3) is 0 Å². The molecule has 0 bridgehead atoms. The van der Waals surface area contributed by atoms with Gasteiger partial charge in [-0.2, -0.15) is 0 Å². The summed E-state index contributed by atoms with van der Waals surface area (Å²) in [5.41, 5.74) is 7.64. The number of aryl methyl sites for hydroxylation is 1. The number of hydrogen-bond donors (Lipinski definition) is 1. The average molecular weight is 207 g/mol. The average Bonchev–Trinajstić information content (AvgIpc) is 2.21. The lowest BCUT2D eigenvalue weighted by atomic mass is 10.1. The van der Waals surface area contributed by atoms with Crippen LogP contribution >= 0.6 is 0 Å². The van der Waals surface area contributed by atoms with Gasteiger partial charge in [-0.3, -0.25) is 0 Å². The van der Waals surface area contributed by atoms with Gasteiger partial charge in [-0.25, -0.2) is 4.79 Å². The standard InChI is InChI=1S/C12H17NO2/c1-4-9(3)15-12(14)11-7-10(13)6-5-8(11)2/h5-7,9H,4,13H2,1-3H3. The second-order valence-corrected chi connectivity index (χ2v) is 3.70. The molecule has 0 aliphatic carbocycles. The number of rotatable bonds is 3. The summed E-state index contributed by atoms with van der Waals surface area (Å²) >= 11 is 0. The first-order chi connectivity index (χ1) is 7.04. The van der Waals surface area contributed by atoms with E-state index in [1.165, 1.54) is 0 Å². The Labute approximate surface area is 90.2 Å². The zero-order valence-corrected chi connectivity index (χ0v) is 9.41. The molecule has 1 unspecified atom stereocenters. The number of nitrogen functional groups attached to an aromatic ring is 1. The third-order valence-corrected chi connectivity index (χ3v) is 2.36. The van der Waals surface area contributed by atoms with Crippen molar-refractivity contribution in [3.63, 3.8) is 0 Å². The Morgan fingerprint density at radius 2 is 2.20 bits per heavy atom. The Morgan fingerprint density at radius 3 is 2.80 bits per heavy atom. The summed E-state index contributed by atoms with van der Waals surface area (Å²) in [5, 5.41) is 0. The molecule has 1 rings (SSSR count). The van der Waals surface area contributed by atoms with Gasteiger partial charge in [0.1, 0.15) is 0 Å². The maximum atomic E-state index is 11.7. The van der Waals surface area contributed by atoms with Crippen molar-refractivity contribution in [1.29, 1.82) is 0 Å². The molecular formula is C12H17NO2. The van der Waals surface area contributed by atoms with Gasteiger partial charge in [-0.1, -0.05) is 13.0 Å². The van der Waals surface area contributed by atoms with Crippen LogP contribution in [0.3, 0.4) is 0 Å². The fourth-order valence-corrected chi connectivity index (χ4v) is 1.19. The van der Waals surface area contributed by atoms with E-state index in [0.29, 0.717) is 11.3 Å². The van der Waals surface area contributed by atoms with Crippen LogP contribution in [0.5, 0.6) is 0 Å². The number of benzene rings is 1. The number of nitrogens with two attached hydrogens (primary N) is 1. The number of ether oxygens (including phenoxy) is 1. The summed E-state index contributed by atoms with van der Waals surface area (Å²) in [7, 11) is 0. The largest absolute Gasteiger partial charge is 0.459 e. The van der Waals surface area contributed by atoms with Crippen LogP contribution in [0.1, 0.15) is 36.2 Å². The van der Waals surface area contributed by atoms with Crippen LogP contribution in [0.25, 0.3) is 0 Å². The summed E-state index contributed by atoms with van der Waals surface area (Å²) in [6.45, 7) is 5.72. The Morgan fingerprint density at radius 1 is 1.53 bits per heavy atom. The van der Waals surface area contributed by atoms with Crippen LogP contribution < -0.4 is 5.73 Å². The molecule has 1 atom stereocenters. The summed E-state index contributed by atoms with van der Waals surface area (Å²) in [5.74, 6) is -0.297. The van der Waals surface area contributed by atoms with Gasteiger partial charge in [0, 0.05) is 5.69 Å². The van der Waals surface area contributed by atoms with Crippen LogP contribution in [0.2, 0.25) is 0 Å². The fraction of sp³-hybridized carbons (Fsp3) is 0.417. The molecule has 15 heavy (non-hydrogen) atoms. The minimum Gasteiger partial charge on any atom is -0.459 e. The Balaban J connectivity index is 2.86. The maximum Gasteiger partial charge on any atom is 0.338 e. The second kappa shape index (κ2) is 4.82. The molecular weight excluding hydrogens is 190 g/mol. The Hall–Kier alpha value is -1.51. The zero-order valence-electron chi connectivity index (χ0n) is 9.41. The summed E-state index contributed by atoms with van der Waals surface area (Å²) < 4.78 is 5.23. The molecule has 0 amide bonds. The summed E-state index contributed by atoms with van der Waals surface area (Å²) in [4.78, 5) is 11.7. The predicted octanol–water partition coefficient (Wildman–Crippen LogP) is 2.53. The maximum absolute atomic E-state index is 11.7. The molecule has 1 aromatic carbocycles. The minimum atomic E-state index is -0.297. The number of esters is 1. The number of carbonyl (C=O) groups is 1. The van der Waals surface area contributed by atoms with Crippen molar-refractivity contribution in [2.75, 3.05) is 5.73 Å². The van der Waals surface area contributed by atoms with Crippen LogP contribution in [0.4, 0.5) is 5.69 Å². The molecule has 0 saturated heterocycles. The van der Waals surface area contributed by atoms with Crippen molar-refractivity contribution in [1.82, 2.24) is 0 Å². The predicted molar refractivity (Wildman–Crippen MR) is 60.8 cm³/mol. The minimum absolute atomic E-state index is 0.0571. The highest BCUT2D eigenvalue weighted by Gasteiger charge is 2.13. The summed E-state index contributed by atoms with van der Waals surface area (Å²) in [6, 6.07) is 5.25. The third kappa shape index (κ3) is 2.98. The highest BCUT2D eigenvalue weighted by Crippen LogP contribution is 2.15. The molecule has 0 spiro atoms. The second-order valence-electron chi connectivity index (χ2n) is 3.70. The molecule has 0 aromatic heterocycles. The van der Waals surface area contributed by atoms with E-state index >= 15 is 0 Å². The molecule has 0 heterocycles. The van der Waals surface area contributed by atoms with Gasteiger partial charge in [0.05, 0.1) is 11.7 Å². The first kappa shape index (κ1) is 11.6. The van der Waals surface area contributed by atoms with Crippen LogP contribution in [0, 0.1) is 6.92 Å². The molecule has 2 N–H and O–H groups in total. The number of carbonyl (C=O) groups excluding carboxylic acids is 1. The number of hydrogen-bond acceptors (Lipinski definition) is 3. The van der Waals surface area contributed by atoms with E-state index in [9.17, 15) is 4.79 Å². The molecule has 0 aliphatic rings. The molecule has 3 nitrogen and oxygen atoms in total. The molecule has 0 saturated carbocycles. The van der Waals surface area contributed by atoms with E-state index in [1.807, 2.05) is 26.8 Å². The SMILES string of the molecule is CCC(C)OC(=O)c1cc(N)ccc1C.